The normalized spacial score (nSPS) is 14.6. The van der Waals surface area contributed by atoms with Crippen molar-refractivity contribution in [1.29, 1.82) is 0 Å². The van der Waals surface area contributed by atoms with Gasteiger partial charge in [0.05, 0.1) is 15.9 Å². The Balaban J connectivity index is 1.26. The molecule has 0 saturated carbocycles. The lowest BCUT2D eigenvalue weighted by molar-refractivity contribution is 0.0740. The maximum absolute atomic E-state index is 12.8. The lowest BCUT2D eigenvalue weighted by Gasteiger charge is -2.34. The molecule has 0 N–H and O–H groups in total. The van der Waals surface area contributed by atoms with E-state index in [1.165, 1.54) is 4.70 Å². The smallest absolute Gasteiger partial charge is 0.274 e. The minimum atomic E-state index is -0.0152. The van der Waals surface area contributed by atoms with Crippen molar-refractivity contribution < 1.29 is 4.79 Å². The second kappa shape index (κ2) is 7.09. The molecular formula is C21H19N5OS. The predicted octanol–water partition coefficient (Wildman–Crippen LogP) is 3.44. The van der Waals surface area contributed by atoms with Gasteiger partial charge in [-0.2, -0.15) is 5.10 Å². The van der Waals surface area contributed by atoms with E-state index in [9.17, 15) is 4.79 Å². The number of hydrogen-bond donors (Lipinski definition) is 0. The Labute approximate surface area is 166 Å². The molecule has 5 rings (SSSR count). The zero-order chi connectivity index (χ0) is 18.9. The molecule has 0 aliphatic carbocycles. The van der Waals surface area contributed by atoms with Crippen LogP contribution >= 0.6 is 11.3 Å². The first-order chi connectivity index (χ1) is 13.8. The molecule has 0 unspecified atom stereocenters. The van der Waals surface area contributed by atoms with E-state index in [1.807, 2.05) is 59.6 Å². The number of carbonyl (C=O) groups excluding carboxylic acids is 1. The van der Waals surface area contributed by atoms with Crippen LogP contribution in [0.2, 0.25) is 0 Å². The lowest BCUT2D eigenvalue weighted by atomic mass is 10.3. The van der Waals surface area contributed by atoms with E-state index < -0.39 is 0 Å². The van der Waals surface area contributed by atoms with Gasteiger partial charge in [-0.15, -0.1) is 0 Å². The fraction of sp³-hybridized carbons (Fsp3) is 0.190. The van der Waals surface area contributed by atoms with Gasteiger partial charge in [-0.1, -0.05) is 41.7 Å². The maximum atomic E-state index is 12.8. The Morgan fingerprint density at radius 3 is 2.43 bits per heavy atom. The molecule has 7 heteroatoms. The third-order valence-corrected chi connectivity index (χ3v) is 6.05. The molecule has 0 radical (unpaired) electrons. The van der Waals surface area contributed by atoms with Gasteiger partial charge in [-0.05, 0) is 30.3 Å². The molecule has 0 spiro atoms. The molecular weight excluding hydrogens is 370 g/mol. The number of nitrogens with zero attached hydrogens (tertiary/aromatic N) is 5. The van der Waals surface area contributed by atoms with Gasteiger partial charge in [-0.25, -0.2) is 9.67 Å². The van der Waals surface area contributed by atoms with Crippen LogP contribution in [0.15, 0.2) is 66.9 Å². The largest absolute Gasteiger partial charge is 0.345 e. The van der Waals surface area contributed by atoms with Gasteiger partial charge in [0.15, 0.2) is 10.8 Å². The zero-order valence-electron chi connectivity index (χ0n) is 15.2. The van der Waals surface area contributed by atoms with Crippen molar-refractivity contribution in [3.63, 3.8) is 0 Å². The van der Waals surface area contributed by atoms with Gasteiger partial charge >= 0.3 is 0 Å². The summed E-state index contributed by atoms with van der Waals surface area (Å²) in [5.41, 5.74) is 2.46. The molecule has 2 aromatic carbocycles. The van der Waals surface area contributed by atoms with Crippen LogP contribution in [-0.4, -0.2) is 51.8 Å². The van der Waals surface area contributed by atoms with Crippen molar-refractivity contribution >= 4 is 32.6 Å². The first kappa shape index (κ1) is 16.9. The van der Waals surface area contributed by atoms with Gasteiger partial charge in [0.1, 0.15) is 0 Å². The fourth-order valence-corrected chi connectivity index (χ4v) is 4.44. The number of amides is 1. The summed E-state index contributed by atoms with van der Waals surface area (Å²) in [5, 5.41) is 5.49. The summed E-state index contributed by atoms with van der Waals surface area (Å²) < 4.78 is 2.94. The Kier molecular flexibility index (Phi) is 4.29. The minimum Gasteiger partial charge on any atom is -0.345 e. The van der Waals surface area contributed by atoms with Crippen molar-refractivity contribution in [2.45, 2.75) is 0 Å². The van der Waals surface area contributed by atoms with Crippen LogP contribution in [0.25, 0.3) is 15.9 Å². The molecule has 28 heavy (non-hydrogen) atoms. The number of carbonyl (C=O) groups is 1. The van der Waals surface area contributed by atoms with E-state index in [-0.39, 0.29) is 5.91 Å². The molecule has 0 atom stereocenters. The first-order valence-electron chi connectivity index (χ1n) is 9.29. The van der Waals surface area contributed by atoms with Crippen molar-refractivity contribution in [2.24, 2.45) is 0 Å². The van der Waals surface area contributed by atoms with Crippen molar-refractivity contribution in [1.82, 2.24) is 19.7 Å². The van der Waals surface area contributed by atoms with E-state index in [0.29, 0.717) is 18.8 Å². The highest BCUT2D eigenvalue weighted by molar-refractivity contribution is 7.22. The highest BCUT2D eigenvalue weighted by Crippen LogP contribution is 2.29. The monoisotopic (exact) mass is 389 g/mol. The number of anilines is 1. The number of hydrogen-bond acceptors (Lipinski definition) is 5. The van der Waals surface area contributed by atoms with E-state index in [1.54, 1.807) is 22.1 Å². The third kappa shape index (κ3) is 3.14. The minimum absolute atomic E-state index is 0.0152. The Morgan fingerprint density at radius 1 is 0.893 bits per heavy atom. The Bertz CT molecular complexity index is 1080. The summed E-state index contributed by atoms with van der Waals surface area (Å²) in [6, 6.07) is 19.8. The zero-order valence-corrected chi connectivity index (χ0v) is 16.0. The number of fused-ring (bicyclic) bond motifs is 1. The number of piperazine rings is 1. The number of aromatic nitrogens is 3. The second-order valence-corrected chi connectivity index (χ2v) is 7.73. The number of thiazole rings is 1. The van der Waals surface area contributed by atoms with Gasteiger partial charge in [0.2, 0.25) is 0 Å². The SMILES string of the molecule is O=C(c1ccn(-c2ccccc2)n1)N1CCN(c2nc3ccccc3s2)CC1. The second-order valence-electron chi connectivity index (χ2n) is 6.72. The predicted molar refractivity (Wildman–Crippen MR) is 111 cm³/mol. The van der Waals surface area contributed by atoms with Crippen LogP contribution in [0.1, 0.15) is 10.5 Å². The van der Waals surface area contributed by atoms with E-state index in [0.717, 1.165) is 29.4 Å². The first-order valence-corrected chi connectivity index (χ1v) is 10.1. The summed E-state index contributed by atoms with van der Waals surface area (Å²) in [6.45, 7) is 2.91. The van der Waals surface area contributed by atoms with Crippen LogP contribution < -0.4 is 4.90 Å². The maximum Gasteiger partial charge on any atom is 0.274 e. The van der Waals surface area contributed by atoms with E-state index in [2.05, 4.69) is 16.1 Å². The van der Waals surface area contributed by atoms with E-state index in [4.69, 9.17) is 4.98 Å². The topological polar surface area (TPSA) is 54.3 Å². The molecule has 4 aromatic rings. The Morgan fingerprint density at radius 2 is 1.64 bits per heavy atom. The molecule has 140 valence electrons. The number of rotatable bonds is 3. The van der Waals surface area contributed by atoms with Crippen LogP contribution in [0.3, 0.4) is 0 Å². The van der Waals surface area contributed by atoms with Crippen LogP contribution in [0, 0.1) is 0 Å². The van der Waals surface area contributed by atoms with Crippen LogP contribution in [0.5, 0.6) is 0 Å². The van der Waals surface area contributed by atoms with E-state index >= 15 is 0 Å². The van der Waals surface area contributed by atoms with Crippen LogP contribution in [0.4, 0.5) is 5.13 Å². The summed E-state index contributed by atoms with van der Waals surface area (Å²) in [4.78, 5) is 21.7. The quantitative estimate of drug-likeness (QED) is 0.539. The molecule has 2 aromatic heterocycles. The standard InChI is InChI=1S/C21H19N5OS/c27-20(18-10-11-26(23-18)16-6-2-1-3-7-16)24-12-14-25(15-13-24)21-22-17-8-4-5-9-19(17)28-21/h1-11H,12-15H2. The molecule has 1 fully saturated rings. The van der Waals surface area contributed by atoms with Crippen molar-refractivity contribution in [3.8, 4) is 5.69 Å². The Hall–Kier alpha value is -3.19. The highest BCUT2D eigenvalue weighted by Gasteiger charge is 2.25. The fourth-order valence-electron chi connectivity index (χ4n) is 3.42. The van der Waals surface area contributed by atoms with Crippen molar-refractivity contribution in [2.75, 3.05) is 31.1 Å². The molecule has 6 nitrogen and oxygen atoms in total. The average Bonchev–Trinajstić information content (AvgIpc) is 3.41. The lowest BCUT2D eigenvalue weighted by Crippen LogP contribution is -2.48. The molecule has 1 aliphatic rings. The average molecular weight is 389 g/mol. The molecule has 1 saturated heterocycles. The van der Waals surface area contributed by atoms with Crippen molar-refractivity contribution in [3.05, 3.63) is 72.6 Å². The number of benzene rings is 2. The van der Waals surface area contributed by atoms with Crippen LogP contribution in [-0.2, 0) is 0 Å². The summed E-state index contributed by atoms with van der Waals surface area (Å²) in [6.07, 6.45) is 1.83. The molecule has 0 bridgehead atoms. The van der Waals surface area contributed by atoms with Gasteiger partial charge in [0, 0.05) is 32.4 Å². The molecule has 1 aliphatic heterocycles. The molecule has 1 amide bonds. The third-order valence-electron chi connectivity index (χ3n) is 4.95. The van der Waals surface area contributed by atoms with Gasteiger partial charge < -0.3 is 9.80 Å². The van der Waals surface area contributed by atoms with Gasteiger partial charge in [-0.3, -0.25) is 4.79 Å². The number of para-hydroxylation sites is 2. The highest BCUT2D eigenvalue weighted by atomic mass is 32.1. The summed E-state index contributed by atoms with van der Waals surface area (Å²) in [5.74, 6) is -0.0152. The summed E-state index contributed by atoms with van der Waals surface area (Å²) >= 11 is 1.71. The molecule has 3 heterocycles. The summed E-state index contributed by atoms with van der Waals surface area (Å²) in [7, 11) is 0. The van der Waals surface area contributed by atoms with Gasteiger partial charge in [0.25, 0.3) is 5.91 Å².